The van der Waals surface area contributed by atoms with Crippen molar-refractivity contribution in [1.82, 2.24) is 19.9 Å². The van der Waals surface area contributed by atoms with Crippen molar-refractivity contribution in [2.75, 3.05) is 0 Å². The molecule has 0 aliphatic heterocycles. The normalized spacial score (nSPS) is 9.71. The molecular weight excluding hydrogens is 180 g/mol. The van der Waals surface area contributed by atoms with Crippen LogP contribution < -0.4 is 0 Å². The maximum atomic E-state index is 10.3. The molecule has 0 aliphatic rings. The van der Waals surface area contributed by atoms with Gasteiger partial charge in [-0.05, 0) is 6.07 Å². The van der Waals surface area contributed by atoms with Gasteiger partial charge in [-0.1, -0.05) is 0 Å². The van der Waals surface area contributed by atoms with Gasteiger partial charge in [-0.2, -0.15) is 0 Å². The first-order valence-electron chi connectivity index (χ1n) is 3.95. The van der Waals surface area contributed by atoms with Crippen molar-refractivity contribution in [3.63, 3.8) is 0 Å². The highest BCUT2D eigenvalue weighted by molar-refractivity contribution is 5.73. The number of nitrogens with zero attached hydrogens (tertiary/aromatic N) is 4. The van der Waals surface area contributed by atoms with E-state index >= 15 is 0 Å². The van der Waals surface area contributed by atoms with Gasteiger partial charge in [-0.25, -0.2) is 19.9 Å². The van der Waals surface area contributed by atoms with Crippen LogP contribution >= 0.6 is 0 Å². The molecule has 0 saturated heterocycles. The van der Waals surface area contributed by atoms with Crippen LogP contribution in [0, 0.1) is 0 Å². The summed E-state index contributed by atoms with van der Waals surface area (Å²) in [5.41, 5.74) is 0.435. The van der Waals surface area contributed by atoms with Crippen LogP contribution in [0.2, 0.25) is 0 Å². The van der Waals surface area contributed by atoms with E-state index in [2.05, 4.69) is 19.9 Å². The molecule has 0 aromatic carbocycles. The van der Waals surface area contributed by atoms with Crippen molar-refractivity contribution in [3.8, 4) is 11.6 Å². The largest absolute Gasteiger partial charge is 0.298 e. The van der Waals surface area contributed by atoms with Gasteiger partial charge in [0, 0.05) is 24.8 Å². The van der Waals surface area contributed by atoms with Crippen molar-refractivity contribution in [3.05, 3.63) is 36.4 Å². The molecule has 0 unspecified atom stereocenters. The van der Waals surface area contributed by atoms with Gasteiger partial charge in [0.1, 0.15) is 0 Å². The van der Waals surface area contributed by atoms with Gasteiger partial charge < -0.3 is 0 Å². The van der Waals surface area contributed by atoms with Gasteiger partial charge in [0.05, 0.1) is 5.56 Å². The molecule has 0 saturated carbocycles. The van der Waals surface area contributed by atoms with Crippen LogP contribution in [0.1, 0.15) is 10.4 Å². The van der Waals surface area contributed by atoms with Crippen LogP contribution in [0.3, 0.4) is 0 Å². The maximum absolute atomic E-state index is 10.3. The number of carbonyl (C=O) groups excluding carboxylic acids is 1. The van der Waals surface area contributed by atoms with E-state index in [1.807, 2.05) is 0 Å². The number of rotatable bonds is 2. The van der Waals surface area contributed by atoms with Gasteiger partial charge in [0.25, 0.3) is 0 Å². The Morgan fingerprint density at radius 3 is 2.07 bits per heavy atom. The first kappa shape index (κ1) is 8.43. The predicted octanol–water partition coefficient (Wildman–Crippen LogP) is 0.746. The zero-order valence-electron chi connectivity index (χ0n) is 7.16. The molecule has 5 heteroatoms. The molecule has 2 heterocycles. The summed E-state index contributed by atoms with van der Waals surface area (Å²) < 4.78 is 0. The fourth-order valence-electron chi connectivity index (χ4n) is 0.929. The van der Waals surface area contributed by atoms with Crippen molar-refractivity contribution < 1.29 is 4.79 Å². The van der Waals surface area contributed by atoms with Crippen LogP contribution in [0.5, 0.6) is 0 Å². The zero-order chi connectivity index (χ0) is 9.80. The first-order chi connectivity index (χ1) is 6.90. The molecule has 0 fully saturated rings. The molecule has 2 aromatic rings. The van der Waals surface area contributed by atoms with Crippen LogP contribution in [0.25, 0.3) is 11.6 Å². The Hall–Kier alpha value is -2.17. The van der Waals surface area contributed by atoms with Crippen molar-refractivity contribution in [2.45, 2.75) is 0 Å². The minimum Gasteiger partial charge on any atom is -0.298 e. The molecule has 5 nitrogen and oxygen atoms in total. The maximum Gasteiger partial charge on any atom is 0.197 e. The third-order valence-corrected chi connectivity index (χ3v) is 1.57. The smallest absolute Gasteiger partial charge is 0.197 e. The molecule has 0 aliphatic carbocycles. The van der Waals surface area contributed by atoms with Gasteiger partial charge in [-0.3, -0.25) is 4.79 Å². The summed E-state index contributed by atoms with van der Waals surface area (Å²) in [6.45, 7) is 0. The second-order valence-electron chi connectivity index (χ2n) is 2.53. The summed E-state index contributed by atoms with van der Waals surface area (Å²) in [6, 6.07) is 1.71. The summed E-state index contributed by atoms with van der Waals surface area (Å²) in [5, 5.41) is 0. The van der Waals surface area contributed by atoms with Crippen molar-refractivity contribution >= 4 is 6.29 Å². The van der Waals surface area contributed by atoms with E-state index < -0.39 is 0 Å². The zero-order valence-corrected chi connectivity index (χ0v) is 7.16. The molecular formula is C9H6N4O. The molecule has 68 valence electrons. The van der Waals surface area contributed by atoms with E-state index in [1.54, 1.807) is 18.5 Å². The van der Waals surface area contributed by atoms with Crippen LogP contribution in [-0.4, -0.2) is 26.2 Å². The monoisotopic (exact) mass is 186 g/mol. The molecule has 0 spiro atoms. The van der Waals surface area contributed by atoms with Gasteiger partial charge >= 0.3 is 0 Å². The van der Waals surface area contributed by atoms with Gasteiger partial charge in [0.15, 0.2) is 17.9 Å². The van der Waals surface area contributed by atoms with Crippen molar-refractivity contribution in [1.29, 1.82) is 0 Å². The molecule has 0 bridgehead atoms. The molecule has 0 N–H and O–H groups in total. The lowest BCUT2D eigenvalue weighted by Gasteiger charge is -1.96. The molecule has 2 rings (SSSR count). The Morgan fingerprint density at radius 1 is 0.929 bits per heavy atom. The SMILES string of the molecule is O=Cc1cnc(-c2ncccn2)nc1. The first-order valence-corrected chi connectivity index (χ1v) is 3.95. The summed E-state index contributed by atoms with van der Waals surface area (Å²) in [4.78, 5) is 26.2. The second-order valence-corrected chi connectivity index (χ2v) is 2.53. The average Bonchev–Trinajstić information content (AvgIpc) is 2.30. The Morgan fingerprint density at radius 2 is 1.50 bits per heavy atom. The lowest BCUT2D eigenvalue weighted by molar-refractivity contribution is 0.112. The number of aromatic nitrogens is 4. The van der Waals surface area contributed by atoms with E-state index in [4.69, 9.17) is 0 Å². The van der Waals surface area contributed by atoms with E-state index in [9.17, 15) is 4.79 Å². The Kier molecular flexibility index (Phi) is 2.22. The molecule has 2 aromatic heterocycles. The Labute approximate surface area is 79.9 Å². The van der Waals surface area contributed by atoms with E-state index in [0.717, 1.165) is 0 Å². The fraction of sp³-hybridized carbons (Fsp3) is 0. The second kappa shape index (κ2) is 3.69. The third kappa shape index (κ3) is 1.61. The fourth-order valence-corrected chi connectivity index (χ4v) is 0.929. The summed E-state index contributed by atoms with van der Waals surface area (Å²) in [6.07, 6.45) is 6.78. The lowest BCUT2D eigenvalue weighted by Crippen LogP contribution is -1.94. The molecule has 0 atom stereocenters. The highest BCUT2D eigenvalue weighted by Gasteiger charge is 2.02. The van der Waals surface area contributed by atoms with Gasteiger partial charge in [-0.15, -0.1) is 0 Å². The number of hydrogen-bond acceptors (Lipinski definition) is 5. The lowest BCUT2D eigenvalue weighted by atomic mass is 10.4. The third-order valence-electron chi connectivity index (χ3n) is 1.57. The summed E-state index contributed by atoms with van der Waals surface area (Å²) >= 11 is 0. The molecule has 0 amide bonds. The standard InChI is InChI=1S/C9H6N4O/c14-6-7-4-12-9(13-5-7)8-10-2-1-3-11-8/h1-6H. The van der Waals surface area contributed by atoms with E-state index in [-0.39, 0.29) is 0 Å². The minimum atomic E-state index is 0.413. The van der Waals surface area contributed by atoms with E-state index in [0.29, 0.717) is 23.5 Å². The highest BCUT2D eigenvalue weighted by atomic mass is 16.1. The topological polar surface area (TPSA) is 68.6 Å². The number of aldehydes is 1. The van der Waals surface area contributed by atoms with Crippen LogP contribution in [0.4, 0.5) is 0 Å². The quantitative estimate of drug-likeness (QED) is 0.647. The summed E-state index contributed by atoms with van der Waals surface area (Å²) in [7, 11) is 0. The highest BCUT2D eigenvalue weighted by Crippen LogP contribution is 2.05. The summed E-state index contributed by atoms with van der Waals surface area (Å²) in [5.74, 6) is 0.862. The Balaban J connectivity index is 2.39. The molecule has 14 heavy (non-hydrogen) atoms. The van der Waals surface area contributed by atoms with E-state index in [1.165, 1.54) is 12.4 Å². The van der Waals surface area contributed by atoms with Crippen LogP contribution in [-0.2, 0) is 0 Å². The van der Waals surface area contributed by atoms with Crippen LogP contribution in [0.15, 0.2) is 30.9 Å². The number of hydrogen-bond donors (Lipinski definition) is 0. The minimum absolute atomic E-state index is 0.413. The number of carbonyl (C=O) groups is 1. The predicted molar refractivity (Wildman–Crippen MR) is 48.4 cm³/mol. The van der Waals surface area contributed by atoms with Gasteiger partial charge in [0.2, 0.25) is 0 Å². The average molecular weight is 186 g/mol. The Bertz CT molecular complexity index is 426. The van der Waals surface area contributed by atoms with Crippen molar-refractivity contribution in [2.24, 2.45) is 0 Å². The molecule has 0 radical (unpaired) electrons.